The minimum Gasteiger partial charge on any atom is -0.482 e. The van der Waals surface area contributed by atoms with E-state index in [-0.39, 0.29) is 42.4 Å². The number of halogens is 1. The van der Waals surface area contributed by atoms with E-state index in [1.165, 1.54) is 12.1 Å². The number of nitrogens with one attached hydrogen (secondary N) is 1. The Morgan fingerprint density at radius 3 is 2.83 bits per heavy atom. The second-order valence-electron chi connectivity index (χ2n) is 7.91. The molecule has 3 aliphatic rings. The molecule has 3 unspecified atom stereocenters. The van der Waals surface area contributed by atoms with Crippen LogP contribution in [0.25, 0.3) is 6.08 Å². The fourth-order valence-corrected chi connectivity index (χ4v) is 4.34. The Morgan fingerprint density at radius 2 is 2.03 bits per heavy atom. The highest BCUT2D eigenvalue weighted by atomic mass is 19.1. The largest absolute Gasteiger partial charge is 0.482 e. The number of morpholine rings is 1. The smallest absolute Gasteiger partial charge is 0.289 e. The van der Waals surface area contributed by atoms with Gasteiger partial charge in [-0.2, -0.15) is 0 Å². The van der Waals surface area contributed by atoms with Crippen molar-refractivity contribution < 1.29 is 23.5 Å². The topological polar surface area (TPSA) is 67.9 Å². The monoisotopic (exact) mass is 402 g/mol. The Labute approximate surface area is 170 Å². The van der Waals surface area contributed by atoms with Gasteiger partial charge in [-0.15, -0.1) is 0 Å². The van der Waals surface area contributed by atoms with Gasteiger partial charge in [0, 0.05) is 18.7 Å². The molecule has 1 aromatic carbocycles. The van der Waals surface area contributed by atoms with Crippen molar-refractivity contribution in [3.05, 3.63) is 41.4 Å². The molecular weight excluding hydrogens is 375 g/mol. The first-order valence-corrected chi connectivity index (χ1v) is 10.4. The van der Waals surface area contributed by atoms with Crippen molar-refractivity contribution in [2.75, 3.05) is 19.7 Å². The van der Waals surface area contributed by atoms with Crippen molar-refractivity contribution >= 4 is 17.9 Å². The molecular formula is C22H27FN2O4. The second kappa shape index (κ2) is 8.95. The van der Waals surface area contributed by atoms with Crippen LogP contribution in [0.1, 0.15) is 44.1 Å². The van der Waals surface area contributed by atoms with E-state index in [4.69, 9.17) is 9.47 Å². The first-order valence-electron chi connectivity index (χ1n) is 10.4. The first-order chi connectivity index (χ1) is 14.1. The van der Waals surface area contributed by atoms with Crippen molar-refractivity contribution in [3.63, 3.8) is 0 Å². The summed E-state index contributed by atoms with van der Waals surface area (Å²) in [7, 11) is 0. The third-order valence-electron chi connectivity index (χ3n) is 5.87. The zero-order valence-corrected chi connectivity index (χ0v) is 16.4. The van der Waals surface area contributed by atoms with E-state index in [1.54, 1.807) is 23.1 Å². The molecule has 2 aliphatic heterocycles. The number of nitrogens with zero attached hydrogens (tertiary/aromatic N) is 1. The zero-order chi connectivity index (χ0) is 20.2. The number of amides is 2. The van der Waals surface area contributed by atoms with Gasteiger partial charge >= 0.3 is 0 Å². The van der Waals surface area contributed by atoms with Crippen LogP contribution in [-0.2, 0) is 19.1 Å². The number of hydrogen-bond acceptors (Lipinski definition) is 4. The van der Waals surface area contributed by atoms with Crippen LogP contribution in [-0.4, -0.2) is 54.7 Å². The lowest BCUT2D eigenvalue weighted by Gasteiger charge is -2.44. The molecule has 0 aromatic heterocycles. The predicted octanol–water partition coefficient (Wildman–Crippen LogP) is 2.63. The molecule has 1 aromatic rings. The fourth-order valence-electron chi connectivity index (χ4n) is 4.34. The molecule has 2 amide bonds. The van der Waals surface area contributed by atoms with E-state index >= 15 is 0 Å². The van der Waals surface area contributed by atoms with Gasteiger partial charge in [0.2, 0.25) is 5.91 Å². The summed E-state index contributed by atoms with van der Waals surface area (Å²) in [6, 6.07) is 6.14. The Hall–Kier alpha value is -2.41. The van der Waals surface area contributed by atoms with E-state index in [0.29, 0.717) is 12.1 Å². The summed E-state index contributed by atoms with van der Waals surface area (Å²) >= 11 is 0. The van der Waals surface area contributed by atoms with E-state index in [1.807, 2.05) is 0 Å². The number of ether oxygens (including phenoxy) is 2. The molecule has 7 heteroatoms. The summed E-state index contributed by atoms with van der Waals surface area (Å²) in [5, 5.41) is 2.88. The van der Waals surface area contributed by atoms with Crippen LogP contribution in [0.5, 0.6) is 0 Å². The van der Waals surface area contributed by atoms with E-state index < -0.39 is 5.82 Å². The molecule has 1 saturated carbocycles. The van der Waals surface area contributed by atoms with Crippen LogP contribution >= 0.6 is 0 Å². The van der Waals surface area contributed by atoms with Crippen LogP contribution in [0.4, 0.5) is 4.39 Å². The van der Waals surface area contributed by atoms with Crippen molar-refractivity contribution in [1.82, 2.24) is 10.2 Å². The minimum atomic E-state index is -0.414. The highest BCUT2D eigenvalue weighted by Gasteiger charge is 2.42. The first kappa shape index (κ1) is 19.9. The lowest BCUT2D eigenvalue weighted by atomic mass is 9.89. The van der Waals surface area contributed by atoms with E-state index in [0.717, 1.165) is 45.1 Å². The van der Waals surface area contributed by atoms with Gasteiger partial charge < -0.3 is 19.7 Å². The standard InChI is InChI=1S/C22H27FN2O4/c23-17-8-2-1-6-15(17)12-20-22(27)25(18-9-3-4-10-19(18)29-20)14-21(26)24-13-16-7-5-11-28-16/h1-2,6,8,12,16,18-19H,3-5,7,9-11,13-14H2,(H,24,26)/b20-12-. The number of hydrogen-bond donors (Lipinski definition) is 1. The average Bonchev–Trinajstić information content (AvgIpc) is 3.25. The molecule has 1 N–H and O–H groups in total. The fraction of sp³-hybridized carbons (Fsp3) is 0.545. The molecule has 29 heavy (non-hydrogen) atoms. The number of benzene rings is 1. The molecule has 156 valence electrons. The van der Waals surface area contributed by atoms with Crippen molar-refractivity contribution in [2.45, 2.75) is 56.8 Å². The van der Waals surface area contributed by atoms with Gasteiger partial charge in [0.15, 0.2) is 5.76 Å². The molecule has 2 heterocycles. The van der Waals surface area contributed by atoms with Gasteiger partial charge in [0.05, 0.1) is 12.1 Å². The summed E-state index contributed by atoms with van der Waals surface area (Å²) in [5.41, 5.74) is 0.299. The molecule has 1 aliphatic carbocycles. The quantitative estimate of drug-likeness (QED) is 0.769. The molecule has 3 atom stereocenters. The SMILES string of the molecule is O=C(CN1C(=O)/C(=C/c2ccccc2F)OC2CCCCC21)NCC1CCCO1. The van der Waals surface area contributed by atoms with Gasteiger partial charge in [-0.3, -0.25) is 9.59 Å². The van der Waals surface area contributed by atoms with Crippen molar-refractivity contribution in [2.24, 2.45) is 0 Å². The van der Waals surface area contributed by atoms with Gasteiger partial charge in [-0.1, -0.05) is 24.6 Å². The van der Waals surface area contributed by atoms with Gasteiger partial charge in [0.25, 0.3) is 5.91 Å². The number of fused-ring (bicyclic) bond motifs is 1. The van der Waals surface area contributed by atoms with Gasteiger partial charge in [-0.05, 0) is 44.2 Å². The van der Waals surface area contributed by atoms with Crippen LogP contribution in [0.3, 0.4) is 0 Å². The zero-order valence-electron chi connectivity index (χ0n) is 16.4. The maximum atomic E-state index is 14.1. The molecule has 6 nitrogen and oxygen atoms in total. The lowest BCUT2D eigenvalue weighted by Crippen LogP contribution is -2.57. The molecule has 0 radical (unpaired) electrons. The highest BCUT2D eigenvalue weighted by Crippen LogP contribution is 2.33. The molecule has 4 rings (SSSR count). The normalized spacial score (nSPS) is 28.2. The number of carbonyl (C=O) groups excluding carboxylic acids is 2. The molecule has 2 saturated heterocycles. The predicted molar refractivity (Wildman–Crippen MR) is 105 cm³/mol. The second-order valence-corrected chi connectivity index (χ2v) is 7.91. The third-order valence-corrected chi connectivity index (χ3v) is 5.87. The van der Waals surface area contributed by atoms with Gasteiger partial charge in [-0.25, -0.2) is 4.39 Å². The van der Waals surface area contributed by atoms with Crippen LogP contribution in [0.15, 0.2) is 30.0 Å². The summed E-state index contributed by atoms with van der Waals surface area (Å²) in [6.07, 6.45) is 6.93. The molecule has 3 fully saturated rings. The lowest BCUT2D eigenvalue weighted by molar-refractivity contribution is -0.151. The Kier molecular flexibility index (Phi) is 6.13. The van der Waals surface area contributed by atoms with Crippen LogP contribution in [0.2, 0.25) is 0 Å². The van der Waals surface area contributed by atoms with Crippen molar-refractivity contribution in [3.8, 4) is 0 Å². The Morgan fingerprint density at radius 1 is 1.21 bits per heavy atom. The highest BCUT2D eigenvalue weighted by molar-refractivity contribution is 5.98. The van der Waals surface area contributed by atoms with Crippen LogP contribution < -0.4 is 5.32 Å². The van der Waals surface area contributed by atoms with Crippen molar-refractivity contribution in [1.29, 1.82) is 0 Å². The molecule has 0 spiro atoms. The van der Waals surface area contributed by atoms with Crippen LogP contribution in [0, 0.1) is 5.82 Å². The maximum absolute atomic E-state index is 14.1. The van der Waals surface area contributed by atoms with E-state index in [2.05, 4.69) is 5.32 Å². The number of rotatable bonds is 5. The summed E-state index contributed by atoms with van der Waals surface area (Å²) in [5.74, 6) is -0.873. The average molecular weight is 402 g/mol. The Balaban J connectivity index is 1.49. The number of carbonyl (C=O) groups is 2. The summed E-state index contributed by atoms with van der Waals surface area (Å²) in [6.45, 7) is 1.17. The molecule has 0 bridgehead atoms. The maximum Gasteiger partial charge on any atom is 0.289 e. The summed E-state index contributed by atoms with van der Waals surface area (Å²) < 4.78 is 25.6. The third kappa shape index (κ3) is 4.61. The minimum absolute atomic E-state index is 0.0231. The van der Waals surface area contributed by atoms with E-state index in [9.17, 15) is 14.0 Å². The van der Waals surface area contributed by atoms with Gasteiger partial charge in [0.1, 0.15) is 18.5 Å². The summed E-state index contributed by atoms with van der Waals surface area (Å²) in [4.78, 5) is 27.2. The Bertz CT molecular complexity index is 791.